The predicted octanol–water partition coefficient (Wildman–Crippen LogP) is 3.67. The van der Waals surface area contributed by atoms with E-state index in [0.717, 1.165) is 0 Å². The van der Waals surface area contributed by atoms with Gasteiger partial charge in [-0.2, -0.15) is 0 Å². The standard InChI is InChI=1S/C29H27NO9/c1-37-21-8-7-17(13-19(21)31)18(14-23(33)30-9-11-38-12-10-30)24-26(34)28(36)27(35)25-20(32)15-22(39-29(24)25)16-5-3-2-4-6-16/h2-8,13,15,18,31,34-36H,9-12,14H2,1H3. The van der Waals surface area contributed by atoms with E-state index in [0.29, 0.717) is 37.4 Å². The molecule has 1 atom stereocenters. The number of morpholine rings is 1. The molecule has 4 aromatic rings. The van der Waals surface area contributed by atoms with Crippen molar-refractivity contribution in [2.24, 2.45) is 0 Å². The van der Waals surface area contributed by atoms with E-state index >= 15 is 0 Å². The van der Waals surface area contributed by atoms with Gasteiger partial charge in [-0.3, -0.25) is 9.59 Å². The van der Waals surface area contributed by atoms with Crippen molar-refractivity contribution >= 4 is 16.9 Å². The maximum atomic E-state index is 13.4. The number of rotatable bonds is 6. The van der Waals surface area contributed by atoms with Crippen molar-refractivity contribution in [3.05, 3.63) is 75.9 Å². The second kappa shape index (κ2) is 10.6. The molecular formula is C29H27NO9. The molecule has 1 saturated heterocycles. The summed E-state index contributed by atoms with van der Waals surface area (Å²) in [6.07, 6.45) is -0.210. The van der Waals surface area contributed by atoms with Gasteiger partial charge in [0.1, 0.15) is 16.7 Å². The molecule has 0 bridgehead atoms. The Balaban J connectivity index is 1.77. The number of hydrogen-bond acceptors (Lipinski definition) is 9. The van der Waals surface area contributed by atoms with Crippen molar-refractivity contribution < 1.29 is 39.1 Å². The molecule has 39 heavy (non-hydrogen) atoms. The average molecular weight is 534 g/mol. The number of benzene rings is 3. The third-order valence-corrected chi connectivity index (χ3v) is 6.89. The van der Waals surface area contributed by atoms with Crippen molar-refractivity contribution in [2.45, 2.75) is 12.3 Å². The highest BCUT2D eigenvalue weighted by Gasteiger charge is 2.32. The van der Waals surface area contributed by atoms with Crippen LogP contribution in [0.3, 0.4) is 0 Å². The molecule has 1 unspecified atom stereocenters. The van der Waals surface area contributed by atoms with E-state index in [1.54, 1.807) is 41.3 Å². The first-order chi connectivity index (χ1) is 18.8. The van der Waals surface area contributed by atoms with Gasteiger partial charge in [0.15, 0.2) is 28.4 Å². The minimum Gasteiger partial charge on any atom is -0.504 e. The number of ether oxygens (including phenoxy) is 2. The average Bonchev–Trinajstić information content (AvgIpc) is 2.96. The van der Waals surface area contributed by atoms with Crippen molar-refractivity contribution in [3.63, 3.8) is 0 Å². The van der Waals surface area contributed by atoms with Crippen LogP contribution in [0.1, 0.15) is 23.5 Å². The summed E-state index contributed by atoms with van der Waals surface area (Å²) < 4.78 is 16.6. The van der Waals surface area contributed by atoms with Gasteiger partial charge in [-0.1, -0.05) is 36.4 Å². The normalized spacial score (nSPS) is 14.3. The minimum atomic E-state index is -1.000. The third kappa shape index (κ3) is 4.82. The summed E-state index contributed by atoms with van der Waals surface area (Å²) >= 11 is 0. The fourth-order valence-corrected chi connectivity index (χ4v) is 4.87. The second-order valence-electron chi connectivity index (χ2n) is 9.19. The molecule has 0 spiro atoms. The van der Waals surface area contributed by atoms with Gasteiger partial charge in [0.2, 0.25) is 11.7 Å². The summed E-state index contributed by atoms with van der Waals surface area (Å²) in [6.45, 7) is 1.51. The molecule has 1 amide bonds. The number of aromatic hydroxyl groups is 4. The summed E-state index contributed by atoms with van der Waals surface area (Å²) in [5.74, 6) is -3.64. The molecule has 0 saturated carbocycles. The summed E-state index contributed by atoms with van der Waals surface area (Å²) in [6, 6.07) is 14.4. The Hall–Kier alpha value is -4.70. The van der Waals surface area contributed by atoms with Crippen LogP contribution in [-0.4, -0.2) is 64.6 Å². The molecule has 202 valence electrons. The minimum absolute atomic E-state index is 0.0821. The first-order valence-corrected chi connectivity index (χ1v) is 12.3. The molecule has 10 heteroatoms. The highest BCUT2D eigenvalue weighted by atomic mass is 16.5. The van der Waals surface area contributed by atoms with Crippen LogP contribution in [0, 0.1) is 0 Å². The van der Waals surface area contributed by atoms with E-state index in [-0.39, 0.29) is 46.1 Å². The van der Waals surface area contributed by atoms with Gasteiger partial charge in [0.25, 0.3) is 0 Å². The van der Waals surface area contributed by atoms with Gasteiger partial charge in [-0.15, -0.1) is 0 Å². The zero-order valence-electron chi connectivity index (χ0n) is 21.1. The highest BCUT2D eigenvalue weighted by molar-refractivity contribution is 5.94. The molecule has 10 nitrogen and oxygen atoms in total. The Morgan fingerprint density at radius 2 is 1.69 bits per heavy atom. The number of fused-ring (bicyclic) bond motifs is 1. The molecule has 0 radical (unpaired) electrons. The largest absolute Gasteiger partial charge is 0.504 e. The molecule has 3 aromatic carbocycles. The number of phenolic OH excluding ortho intramolecular Hbond substituents is 4. The van der Waals surface area contributed by atoms with E-state index in [1.807, 2.05) is 0 Å². The van der Waals surface area contributed by atoms with Crippen LogP contribution in [-0.2, 0) is 9.53 Å². The number of carbonyl (C=O) groups excluding carboxylic acids is 1. The van der Waals surface area contributed by atoms with Gasteiger partial charge in [0, 0.05) is 42.6 Å². The van der Waals surface area contributed by atoms with Gasteiger partial charge >= 0.3 is 0 Å². The fraction of sp³-hybridized carbons (Fsp3) is 0.241. The van der Waals surface area contributed by atoms with E-state index in [4.69, 9.17) is 13.9 Å². The van der Waals surface area contributed by atoms with E-state index in [1.165, 1.54) is 25.3 Å². The zero-order valence-corrected chi connectivity index (χ0v) is 21.1. The van der Waals surface area contributed by atoms with Gasteiger partial charge in [0.05, 0.1) is 20.3 Å². The summed E-state index contributed by atoms with van der Waals surface area (Å²) in [5, 5.41) is 42.6. The molecule has 1 aromatic heterocycles. The number of amides is 1. The lowest BCUT2D eigenvalue weighted by molar-refractivity contribution is -0.135. The fourth-order valence-electron chi connectivity index (χ4n) is 4.87. The Labute approximate surface area is 222 Å². The first-order valence-electron chi connectivity index (χ1n) is 12.3. The summed E-state index contributed by atoms with van der Waals surface area (Å²) in [7, 11) is 1.39. The Bertz CT molecular complexity index is 1590. The molecule has 2 heterocycles. The number of carbonyl (C=O) groups is 1. The first kappa shape index (κ1) is 25.9. The topological polar surface area (TPSA) is 150 Å². The van der Waals surface area contributed by atoms with Crippen LogP contribution in [0.4, 0.5) is 0 Å². The smallest absolute Gasteiger partial charge is 0.223 e. The van der Waals surface area contributed by atoms with Gasteiger partial charge in [-0.05, 0) is 17.7 Å². The van der Waals surface area contributed by atoms with Crippen LogP contribution in [0.5, 0.6) is 28.7 Å². The molecule has 5 rings (SSSR count). The molecule has 1 aliphatic heterocycles. The van der Waals surface area contributed by atoms with Crippen molar-refractivity contribution in [1.29, 1.82) is 0 Å². The zero-order chi connectivity index (χ0) is 27.7. The SMILES string of the molecule is COc1ccc(C(CC(=O)N2CCOCC2)c2c(O)c(O)c(O)c3c(=O)cc(-c4ccccc4)oc23)cc1O. The number of nitrogens with zero attached hydrogens (tertiary/aromatic N) is 1. The van der Waals surface area contributed by atoms with E-state index < -0.39 is 28.6 Å². The molecule has 1 fully saturated rings. The summed E-state index contributed by atoms with van der Waals surface area (Å²) in [5.41, 5.74) is 0.0208. The second-order valence-corrected chi connectivity index (χ2v) is 9.19. The monoisotopic (exact) mass is 533 g/mol. The van der Waals surface area contributed by atoms with Gasteiger partial charge < -0.3 is 39.2 Å². The van der Waals surface area contributed by atoms with Crippen molar-refractivity contribution in [3.8, 4) is 40.1 Å². The lowest BCUT2D eigenvalue weighted by Crippen LogP contribution is -2.41. The van der Waals surface area contributed by atoms with Crippen LogP contribution in [0.25, 0.3) is 22.3 Å². The van der Waals surface area contributed by atoms with Crippen LogP contribution < -0.4 is 10.2 Å². The molecule has 1 aliphatic rings. The maximum absolute atomic E-state index is 13.4. The highest BCUT2D eigenvalue weighted by Crippen LogP contribution is 2.50. The summed E-state index contributed by atoms with van der Waals surface area (Å²) in [4.78, 5) is 28.2. The number of phenols is 4. The Morgan fingerprint density at radius 3 is 2.36 bits per heavy atom. The van der Waals surface area contributed by atoms with Crippen molar-refractivity contribution in [1.82, 2.24) is 4.90 Å². The van der Waals surface area contributed by atoms with Crippen LogP contribution >= 0.6 is 0 Å². The molecule has 0 aliphatic carbocycles. The lowest BCUT2D eigenvalue weighted by Gasteiger charge is -2.29. The Kier molecular flexibility index (Phi) is 7.03. The van der Waals surface area contributed by atoms with E-state index in [9.17, 15) is 30.0 Å². The third-order valence-electron chi connectivity index (χ3n) is 6.89. The van der Waals surface area contributed by atoms with Crippen LogP contribution in [0.15, 0.2) is 63.8 Å². The van der Waals surface area contributed by atoms with Gasteiger partial charge in [-0.25, -0.2) is 0 Å². The maximum Gasteiger partial charge on any atom is 0.223 e. The molecule has 4 N–H and O–H groups in total. The Morgan fingerprint density at radius 1 is 0.974 bits per heavy atom. The number of methoxy groups -OCH3 is 1. The number of hydrogen-bond donors (Lipinski definition) is 4. The lowest BCUT2D eigenvalue weighted by atomic mass is 9.85. The quantitative estimate of drug-likeness (QED) is 0.272. The van der Waals surface area contributed by atoms with E-state index in [2.05, 4.69) is 0 Å². The van der Waals surface area contributed by atoms with Crippen molar-refractivity contribution in [2.75, 3.05) is 33.4 Å². The molecular weight excluding hydrogens is 506 g/mol. The van der Waals surface area contributed by atoms with Crippen LogP contribution in [0.2, 0.25) is 0 Å². The predicted molar refractivity (Wildman–Crippen MR) is 141 cm³/mol.